The van der Waals surface area contributed by atoms with Crippen LogP contribution in [0.2, 0.25) is 0 Å². The van der Waals surface area contributed by atoms with Crippen LogP contribution in [-0.4, -0.2) is 16.5 Å². The predicted octanol–water partition coefficient (Wildman–Crippen LogP) is 4.78. The van der Waals surface area contributed by atoms with Crippen molar-refractivity contribution in [1.82, 2.24) is 4.57 Å². The van der Waals surface area contributed by atoms with Crippen LogP contribution in [0.1, 0.15) is 32.3 Å². The molecule has 0 aliphatic heterocycles. The summed E-state index contributed by atoms with van der Waals surface area (Å²) in [7, 11) is 0. The maximum Gasteiger partial charge on any atom is 0.123 e. The number of hydrogen-bond acceptors (Lipinski definition) is 1. The Morgan fingerprint density at radius 2 is 2.05 bits per heavy atom. The lowest BCUT2D eigenvalue weighted by Crippen LogP contribution is -2.01. The van der Waals surface area contributed by atoms with Gasteiger partial charge in [-0.3, -0.25) is 0 Å². The Labute approximate surface area is 123 Å². The molecule has 1 heterocycles. The van der Waals surface area contributed by atoms with Gasteiger partial charge < -0.3 is 9.30 Å². The predicted molar refractivity (Wildman–Crippen MR) is 85.5 cm³/mol. The van der Waals surface area contributed by atoms with Crippen molar-refractivity contribution in [1.29, 1.82) is 0 Å². The zero-order valence-electron chi connectivity index (χ0n) is 11.8. The van der Waals surface area contributed by atoms with Gasteiger partial charge in [-0.25, -0.2) is 0 Å². The van der Waals surface area contributed by atoms with E-state index in [0.29, 0.717) is 0 Å². The monoisotopic (exact) mass is 323 g/mol. The maximum atomic E-state index is 5.94. The molecular weight excluding hydrogens is 302 g/mol. The lowest BCUT2D eigenvalue weighted by atomic mass is 10.0. The maximum absolute atomic E-state index is 5.94. The van der Waals surface area contributed by atoms with E-state index in [-0.39, 0.29) is 0 Å². The second-order valence-corrected chi connectivity index (χ2v) is 5.51. The molecule has 2 rings (SSSR count). The average molecular weight is 324 g/mol. The first-order valence-electron chi connectivity index (χ1n) is 7.11. The summed E-state index contributed by atoms with van der Waals surface area (Å²) in [6.45, 7) is 6.19. The van der Waals surface area contributed by atoms with E-state index in [9.17, 15) is 0 Å². The molecule has 2 aromatic rings. The van der Waals surface area contributed by atoms with Crippen LogP contribution < -0.4 is 4.74 Å². The number of hydrogen-bond donors (Lipinski definition) is 0. The second kappa shape index (κ2) is 6.99. The van der Waals surface area contributed by atoms with Gasteiger partial charge in [0.05, 0.1) is 6.61 Å². The van der Waals surface area contributed by atoms with Crippen molar-refractivity contribution in [2.75, 3.05) is 11.9 Å². The molecule has 3 heteroatoms. The fourth-order valence-corrected chi connectivity index (χ4v) is 2.70. The number of rotatable bonds is 7. The van der Waals surface area contributed by atoms with E-state index in [1.807, 2.05) is 0 Å². The van der Waals surface area contributed by atoms with Crippen LogP contribution in [0, 0.1) is 0 Å². The van der Waals surface area contributed by atoms with Gasteiger partial charge in [0.2, 0.25) is 0 Å². The van der Waals surface area contributed by atoms with Crippen LogP contribution in [0.25, 0.3) is 10.9 Å². The first-order chi connectivity index (χ1) is 9.31. The minimum Gasteiger partial charge on any atom is -0.493 e. The van der Waals surface area contributed by atoms with Crippen molar-refractivity contribution < 1.29 is 4.74 Å². The van der Waals surface area contributed by atoms with Crippen molar-refractivity contribution in [3.05, 3.63) is 30.0 Å². The zero-order valence-corrected chi connectivity index (χ0v) is 13.4. The summed E-state index contributed by atoms with van der Waals surface area (Å²) in [5, 5.41) is 2.34. The summed E-state index contributed by atoms with van der Waals surface area (Å²) in [5.74, 6) is 1.06. The van der Waals surface area contributed by atoms with Gasteiger partial charge in [-0.05, 0) is 38.0 Å². The summed E-state index contributed by atoms with van der Waals surface area (Å²) in [5.41, 5.74) is 2.68. The fourth-order valence-electron chi connectivity index (χ4n) is 2.47. The van der Waals surface area contributed by atoms with Gasteiger partial charge in [-0.15, -0.1) is 0 Å². The third-order valence-electron chi connectivity index (χ3n) is 3.40. The molecule has 0 unspecified atom stereocenters. The van der Waals surface area contributed by atoms with Crippen LogP contribution >= 0.6 is 15.9 Å². The highest BCUT2D eigenvalue weighted by Crippen LogP contribution is 2.30. The Hall–Kier alpha value is -0.960. The molecule has 1 aromatic carbocycles. The second-order valence-electron chi connectivity index (χ2n) is 4.72. The van der Waals surface area contributed by atoms with Crippen LogP contribution in [0.5, 0.6) is 5.75 Å². The molecule has 0 aliphatic rings. The normalized spacial score (nSPS) is 11.1. The van der Waals surface area contributed by atoms with Crippen LogP contribution in [-0.2, 0) is 13.0 Å². The Kier molecular flexibility index (Phi) is 5.32. The van der Waals surface area contributed by atoms with Crippen molar-refractivity contribution in [3.63, 3.8) is 0 Å². The van der Waals surface area contributed by atoms with Crippen molar-refractivity contribution in [3.8, 4) is 5.75 Å². The minimum absolute atomic E-state index is 0.780. The smallest absolute Gasteiger partial charge is 0.123 e. The molecule has 0 amide bonds. The van der Waals surface area contributed by atoms with Gasteiger partial charge in [0.1, 0.15) is 5.75 Å². The van der Waals surface area contributed by atoms with E-state index in [0.717, 1.165) is 43.5 Å². The Morgan fingerprint density at radius 3 is 2.74 bits per heavy atom. The number of benzene rings is 1. The number of aromatic nitrogens is 1. The quantitative estimate of drug-likeness (QED) is 0.528. The molecule has 0 spiro atoms. The first kappa shape index (κ1) is 14.4. The third-order valence-corrected chi connectivity index (χ3v) is 3.96. The highest BCUT2D eigenvalue weighted by atomic mass is 79.9. The van der Waals surface area contributed by atoms with Crippen LogP contribution in [0.3, 0.4) is 0 Å². The van der Waals surface area contributed by atoms with Crippen LogP contribution in [0.4, 0.5) is 0 Å². The Balaban J connectivity index is 2.37. The number of fused-ring (bicyclic) bond motifs is 1. The first-order valence-corrected chi connectivity index (χ1v) is 8.23. The standard InChI is InChI=1S/C16H22BrNO/c1-3-6-14-13-9-11-18(4-2)15(13)7-8-16(14)19-12-5-10-17/h7-9,11H,3-6,10,12H2,1-2H3. The summed E-state index contributed by atoms with van der Waals surface area (Å²) < 4.78 is 8.23. The lowest BCUT2D eigenvalue weighted by molar-refractivity contribution is 0.316. The fraction of sp³-hybridized carbons (Fsp3) is 0.500. The molecular formula is C16H22BrNO. The van der Waals surface area contributed by atoms with Gasteiger partial charge in [0, 0.05) is 34.5 Å². The number of aryl methyl sites for hydroxylation is 2. The van der Waals surface area contributed by atoms with Gasteiger partial charge in [-0.1, -0.05) is 29.3 Å². The Bertz CT molecular complexity index is 533. The van der Waals surface area contributed by atoms with Crippen molar-refractivity contribution in [2.45, 2.75) is 39.7 Å². The molecule has 104 valence electrons. The topological polar surface area (TPSA) is 14.2 Å². The van der Waals surface area contributed by atoms with E-state index in [1.165, 1.54) is 16.5 Å². The van der Waals surface area contributed by atoms with Crippen molar-refractivity contribution >= 4 is 26.8 Å². The number of nitrogens with zero attached hydrogens (tertiary/aromatic N) is 1. The van der Waals surface area contributed by atoms with E-state index < -0.39 is 0 Å². The van der Waals surface area contributed by atoms with Gasteiger partial charge in [-0.2, -0.15) is 0 Å². The molecule has 2 nitrogen and oxygen atoms in total. The molecule has 0 fully saturated rings. The van der Waals surface area contributed by atoms with Gasteiger partial charge in [0.25, 0.3) is 0 Å². The molecule has 0 saturated heterocycles. The number of ether oxygens (including phenoxy) is 1. The SMILES string of the molecule is CCCc1c(OCCCBr)ccc2c1ccn2CC. The highest BCUT2D eigenvalue weighted by molar-refractivity contribution is 9.09. The molecule has 0 saturated carbocycles. The molecule has 0 bridgehead atoms. The largest absolute Gasteiger partial charge is 0.493 e. The average Bonchev–Trinajstić information content (AvgIpc) is 2.84. The number of halogens is 1. The van der Waals surface area contributed by atoms with E-state index in [1.54, 1.807) is 0 Å². The highest BCUT2D eigenvalue weighted by Gasteiger charge is 2.10. The third kappa shape index (κ3) is 3.14. The Morgan fingerprint density at radius 1 is 1.21 bits per heavy atom. The molecule has 0 N–H and O–H groups in total. The summed E-state index contributed by atoms with van der Waals surface area (Å²) in [6, 6.07) is 6.54. The van der Waals surface area contributed by atoms with E-state index in [2.05, 4.69) is 58.7 Å². The van der Waals surface area contributed by atoms with E-state index in [4.69, 9.17) is 4.74 Å². The van der Waals surface area contributed by atoms with Gasteiger partial charge in [0.15, 0.2) is 0 Å². The molecule has 0 radical (unpaired) electrons. The summed E-state index contributed by atoms with van der Waals surface area (Å²) in [6.07, 6.45) is 5.44. The summed E-state index contributed by atoms with van der Waals surface area (Å²) >= 11 is 3.44. The molecule has 0 aliphatic carbocycles. The molecule has 19 heavy (non-hydrogen) atoms. The lowest BCUT2D eigenvalue weighted by Gasteiger charge is -2.13. The minimum atomic E-state index is 0.780. The van der Waals surface area contributed by atoms with E-state index >= 15 is 0 Å². The molecule has 1 aromatic heterocycles. The van der Waals surface area contributed by atoms with Crippen LogP contribution in [0.15, 0.2) is 24.4 Å². The summed E-state index contributed by atoms with van der Waals surface area (Å²) in [4.78, 5) is 0. The van der Waals surface area contributed by atoms with Crippen molar-refractivity contribution in [2.24, 2.45) is 0 Å². The van der Waals surface area contributed by atoms with Gasteiger partial charge >= 0.3 is 0 Å². The number of alkyl halides is 1. The molecule has 0 atom stereocenters. The zero-order chi connectivity index (χ0) is 13.7.